The average Bonchev–Trinajstić information content (AvgIpc) is 2.56. The van der Waals surface area contributed by atoms with E-state index in [-0.39, 0.29) is 11.6 Å². The van der Waals surface area contributed by atoms with Crippen molar-refractivity contribution in [2.45, 2.75) is 26.3 Å². The number of likely N-dealkylation sites (N-methyl/N-ethyl adjacent to an activating group) is 1. The molecular weight excluding hydrogens is 262 g/mol. The van der Waals surface area contributed by atoms with E-state index < -0.39 is 16.5 Å². The van der Waals surface area contributed by atoms with Gasteiger partial charge in [-0.1, -0.05) is 0 Å². The van der Waals surface area contributed by atoms with Crippen molar-refractivity contribution in [3.63, 3.8) is 0 Å². The number of non-ortho nitro benzene ring substituents is 1. The molecule has 0 bridgehead atoms. The fraction of sp³-hybridized carbons (Fsp3) is 0.385. The molecular formula is C13H15N3O4. The summed E-state index contributed by atoms with van der Waals surface area (Å²) in [5.41, 5.74) is -0.651. The highest BCUT2D eigenvalue weighted by Crippen LogP contribution is 2.32. The Balaban J connectivity index is 2.40. The van der Waals surface area contributed by atoms with Crippen LogP contribution in [-0.2, 0) is 4.79 Å². The maximum absolute atomic E-state index is 12.4. The number of carbonyl (C=O) groups excluding carboxylic acids is 2. The second-order valence-electron chi connectivity index (χ2n) is 5.00. The minimum atomic E-state index is -0.909. The highest BCUT2D eigenvalue weighted by Gasteiger charge is 2.51. The molecule has 0 N–H and O–H groups in total. The summed E-state index contributed by atoms with van der Waals surface area (Å²) < 4.78 is 0. The Morgan fingerprint density at radius 2 is 1.75 bits per heavy atom. The number of amides is 3. The molecule has 1 aromatic carbocycles. The number of benzene rings is 1. The van der Waals surface area contributed by atoms with Gasteiger partial charge in [-0.2, -0.15) is 0 Å². The summed E-state index contributed by atoms with van der Waals surface area (Å²) in [7, 11) is 0. The molecule has 0 saturated carbocycles. The molecule has 0 unspecified atom stereocenters. The zero-order valence-corrected chi connectivity index (χ0v) is 11.5. The fourth-order valence-corrected chi connectivity index (χ4v) is 2.32. The van der Waals surface area contributed by atoms with Crippen LogP contribution in [0.2, 0.25) is 0 Å². The minimum absolute atomic E-state index is 0.0838. The third kappa shape index (κ3) is 1.91. The van der Waals surface area contributed by atoms with Gasteiger partial charge in [0, 0.05) is 18.7 Å². The second-order valence-corrected chi connectivity index (χ2v) is 5.00. The van der Waals surface area contributed by atoms with Gasteiger partial charge in [-0.05, 0) is 32.9 Å². The van der Waals surface area contributed by atoms with E-state index >= 15 is 0 Å². The first kappa shape index (κ1) is 14.0. The number of nitro benzene ring substituents is 1. The summed E-state index contributed by atoms with van der Waals surface area (Å²) in [6, 6.07) is 4.96. The molecule has 1 aliphatic heterocycles. The fourth-order valence-electron chi connectivity index (χ4n) is 2.32. The lowest BCUT2D eigenvalue weighted by molar-refractivity contribution is -0.384. The first-order valence-corrected chi connectivity index (χ1v) is 6.21. The number of urea groups is 1. The quantitative estimate of drug-likeness (QED) is 0.481. The minimum Gasteiger partial charge on any atom is -0.310 e. The van der Waals surface area contributed by atoms with E-state index in [1.165, 1.54) is 29.2 Å². The van der Waals surface area contributed by atoms with Crippen molar-refractivity contribution in [2.75, 3.05) is 11.4 Å². The summed E-state index contributed by atoms with van der Waals surface area (Å²) in [6.45, 7) is 5.58. The van der Waals surface area contributed by atoms with Crippen LogP contribution in [0.4, 0.5) is 16.2 Å². The smallest absolute Gasteiger partial charge is 0.310 e. The van der Waals surface area contributed by atoms with E-state index in [4.69, 9.17) is 0 Å². The van der Waals surface area contributed by atoms with Gasteiger partial charge >= 0.3 is 6.03 Å². The molecule has 0 aromatic heterocycles. The van der Waals surface area contributed by atoms with E-state index in [2.05, 4.69) is 0 Å². The summed E-state index contributed by atoms with van der Waals surface area (Å²) in [4.78, 5) is 37.3. The maximum Gasteiger partial charge on any atom is 0.332 e. The molecule has 2 rings (SSSR count). The third-order valence-corrected chi connectivity index (χ3v) is 3.46. The topological polar surface area (TPSA) is 83.8 Å². The summed E-state index contributed by atoms with van der Waals surface area (Å²) >= 11 is 0. The molecule has 3 amide bonds. The predicted octanol–water partition coefficient (Wildman–Crippen LogP) is 2.16. The number of carbonyl (C=O) groups is 2. The van der Waals surface area contributed by atoms with Gasteiger partial charge < -0.3 is 4.90 Å². The van der Waals surface area contributed by atoms with Crippen LogP contribution >= 0.6 is 0 Å². The van der Waals surface area contributed by atoms with Gasteiger partial charge in [-0.3, -0.25) is 14.9 Å². The molecule has 20 heavy (non-hydrogen) atoms. The van der Waals surface area contributed by atoms with Crippen LogP contribution < -0.4 is 4.90 Å². The van der Waals surface area contributed by atoms with Crippen molar-refractivity contribution in [3.05, 3.63) is 34.4 Å². The number of hydrogen-bond donors (Lipinski definition) is 0. The second kappa shape index (κ2) is 4.59. The Morgan fingerprint density at radius 1 is 1.20 bits per heavy atom. The van der Waals surface area contributed by atoms with Crippen LogP contribution in [0.1, 0.15) is 20.8 Å². The van der Waals surface area contributed by atoms with Gasteiger partial charge in [0.1, 0.15) is 5.54 Å². The lowest BCUT2D eigenvalue weighted by Gasteiger charge is -2.25. The van der Waals surface area contributed by atoms with Crippen LogP contribution in [0.5, 0.6) is 0 Å². The van der Waals surface area contributed by atoms with Crippen molar-refractivity contribution in [1.82, 2.24) is 4.90 Å². The van der Waals surface area contributed by atoms with Crippen molar-refractivity contribution in [3.8, 4) is 0 Å². The SMILES string of the molecule is CCN1C(=O)N(c2ccc([N+](=O)[O-])cc2)C(=O)C1(C)C. The Kier molecular flexibility index (Phi) is 3.21. The highest BCUT2D eigenvalue weighted by atomic mass is 16.6. The number of nitrogens with zero attached hydrogens (tertiary/aromatic N) is 3. The summed E-state index contributed by atoms with van der Waals surface area (Å²) in [6.07, 6.45) is 0. The standard InChI is InChI=1S/C13H15N3O4/c1-4-14-12(18)15(11(17)13(14,2)3)9-5-7-10(8-6-9)16(19)20/h5-8H,4H2,1-3H3. The van der Waals surface area contributed by atoms with Crippen molar-refractivity contribution >= 4 is 23.3 Å². The molecule has 1 aliphatic rings. The first-order valence-electron chi connectivity index (χ1n) is 6.21. The van der Waals surface area contributed by atoms with Crippen LogP contribution in [0, 0.1) is 10.1 Å². The molecule has 1 saturated heterocycles. The van der Waals surface area contributed by atoms with Gasteiger partial charge in [0.05, 0.1) is 10.6 Å². The Bertz CT molecular complexity index is 580. The zero-order valence-electron chi connectivity index (χ0n) is 11.5. The highest BCUT2D eigenvalue weighted by molar-refractivity contribution is 6.22. The van der Waals surface area contributed by atoms with Gasteiger partial charge in [-0.25, -0.2) is 9.69 Å². The van der Waals surface area contributed by atoms with E-state index in [1.54, 1.807) is 20.8 Å². The van der Waals surface area contributed by atoms with Gasteiger partial charge in [0.2, 0.25) is 0 Å². The molecule has 1 heterocycles. The number of nitro groups is 1. The molecule has 0 radical (unpaired) electrons. The number of anilines is 1. The lowest BCUT2D eigenvalue weighted by Crippen LogP contribution is -2.43. The van der Waals surface area contributed by atoms with Crippen LogP contribution in [-0.4, -0.2) is 33.8 Å². The Labute approximate surface area is 115 Å². The Morgan fingerprint density at radius 3 is 2.15 bits per heavy atom. The summed E-state index contributed by atoms with van der Waals surface area (Å²) in [5, 5.41) is 10.6. The van der Waals surface area contributed by atoms with Crippen LogP contribution in [0.3, 0.4) is 0 Å². The number of imide groups is 1. The molecule has 0 aliphatic carbocycles. The molecule has 7 heteroatoms. The normalized spacial score (nSPS) is 17.8. The first-order chi connectivity index (χ1) is 9.30. The largest absolute Gasteiger partial charge is 0.332 e. The van der Waals surface area contributed by atoms with Crippen LogP contribution in [0.15, 0.2) is 24.3 Å². The zero-order chi connectivity index (χ0) is 15.1. The summed E-state index contributed by atoms with van der Waals surface area (Å²) in [5.74, 6) is -0.335. The molecule has 1 aromatic rings. The number of rotatable bonds is 3. The van der Waals surface area contributed by atoms with Crippen molar-refractivity contribution in [2.24, 2.45) is 0 Å². The molecule has 106 valence electrons. The van der Waals surface area contributed by atoms with Gasteiger partial charge in [-0.15, -0.1) is 0 Å². The molecule has 0 spiro atoms. The van der Waals surface area contributed by atoms with E-state index in [0.29, 0.717) is 12.2 Å². The Hall–Kier alpha value is -2.44. The monoisotopic (exact) mass is 277 g/mol. The molecule has 0 atom stereocenters. The van der Waals surface area contributed by atoms with Gasteiger partial charge in [0.25, 0.3) is 11.6 Å². The van der Waals surface area contributed by atoms with Gasteiger partial charge in [0.15, 0.2) is 0 Å². The van der Waals surface area contributed by atoms with E-state index in [0.717, 1.165) is 4.90 Å². The van der Waals surface area contributed by atoms with Crippen molar-refractivity contribution < 1.29 is 14.5 Å². The number of hydrogen-bond acceptors (Lipinski definition) is 4. The molecule has 7 nitrogen and oxygen atoms in total. The predicted molar refractivity (Wildman–Crippen MR) is 72.4 cm³/mol. The van der Waals surface area contributed by atoms with Crippen molar-refractivity contribution in [1.29, 1.82) is 0 Å². The average molecular weight is 277 g/mol. The molecule has 1 fully saturated rings. The third-order valence-electron chi connectivity index (χ3n) is 3.46. The van der Waals surface area contributed by atoms with E-state index in [9.17, 15) is 19.7 Å². The maximum atomic E-state index is 12.4. The van der Waals surface area contributed by atoms with E-state index in [1.807, 2.05) is 0 Å². The van der Waals surface area contributed by atoms with Crippen LogP contribution in [0.25, 0.3) is 0 Å². The lowest BCUT2D eigenvalue weighted by atomic mass is 10.0.